The fraction of sp³-hybridized carbons (Fsp3) is 0.579. The minimum absolute atomic E-state index is 0.0338. The first-order valence-electron chi connectivity index (χ1n) is 17.9. The van der Waals surface area contributed by atoms with Gasteiger partial charge in [-0.15, -0.1) is 4.36 Å². The Kier molecular flexibility index (Phi) is 12.6. The van der Waals surface area contributed by atoms with Crippen LogP contribution in [0.5, 0.6) is 5.75 Å². The first-order valence-corrected chi connectivity index (χ1v) is 20.0. The summed E-state index contributed by atoms with van der Waals surface area (Å²) in [5.74, 6) is 0.484. The van der Waals surface area contributed by atoms with Crippen LogP contribution in [0.1, 0.15) is 74.9 Å². The molecule has 3 aliphatic heterocycles. The largest absolute Gasteiger partial charge is 0.490 e. The van der Waals surface area contributed by atoms with Crippen molar-refractivity contribution in [3.05, 3.63) is 70.3 Å². The highest BCUT2D eigenvalue weighted by Crippen LogP contribution is 2.45. The molecule has 3 amide bonds. The van der Waals surface area contributed by atoms with E-state index in [1.54, 1.807) is 20.3 Å². The lowest BCUT2D eigenvalue weighted by molar-refractivity contribution is -0.00645. The summed E-state index contributed by atoms with van der Waals surface area (Å²) in [6.45, 7) is 11.1. The smallest absolute Gasteiger partial charge is 0.330 e. The van der Waals surface area contributed by atoms with Crippen LogP contribution < -0.4 is 14.4 Å². The van der Waals surface area contributed by atoms with Crippen molar-refractivity contribution in [2.45, 2.75) is 77.4 Å². The van der Waals surface area contributed by atoms with Crippen molar-refractivity contribution < 1.29 is 28.0 Å². The van der Waals surface area contributed by atoms with Gasteiger partial charge in [-0.1, -0.05) is 57.5 Å². The SMILES string of the molecule is CC.COC1CN(C(=O)NS2(=O)=NC(=O)c3ccc4c(c3)N(C[C@H](C)[C@@H](C)[C@@H](OC)/C=C/CCC2)C[C@@]2(CCCc3cc(Cl)ccc32)CO4)C1. The number of amides is 3. The average Bonchev–Trinajstić information content (AvgIpc) is 3.22. The summed E-state index contributed by atoms with van der Waals surface area (Å²) in [7, 11) is -0.104. The minimum Gasteiger partial charge on any atom is -0.490 e. The number of likely N-dealkylation sites (tertiary alicyclic amines) is 1. The molecule has 0 aromatic heterocycles. The normalized spacial score (nSPS) is 29.3. The zero-order valence-electron chi connectivity index (χ0n) is 30.3. The van der Waals surface area contributed by atoms with Gasteiger partial charge in [-0.3, -0.25) is 9.52 Å². The molecule has 0 radical (unpaired) electrons. The Bertz CT molecular complexity index is 1690. The fourth-order valence-electron chi connectivity index (χ4n) is 7.44. The van der Waals surface area contributed by atoms with E-state index in [0.717, 1.165) is 30.0 Å². The van der Waals surface area contributed by atoms with E-state index < -0.39 is 21.9 Å². The van der Waals surface area contributed by atoms with Crippen LogP contribution in [0.3, 0.4) is 0 Å². The van der Waals surface area contributed by atoms with Gasteiger partial charge in [0.2, 0.25) is 0 Å². The summed E-state index contributed by atoms with van der Waals surface area (Å²) < 4.78 is 38.8. The number of hydrogen-bond acceptors (Lipinski definition) is 7. The standard InChI is InChI=1S/C36H47ClN4O6S.C2H6/c1-24-19-41-22-36(15-8-9-26-17-28(37)12-13-30(26)36)23-47-33-14-11-27(18-31(33)41)34(42)38-48(44,39-35(43)40-20-29(21-40)45-3)16-7-5-6-10-32(46-4)25(24)2;1-2/h6,10-14,17-18,24-25,29,32H,5,7-9,15-16,19-23H2,1-4H3,(H,38,39,42,43,44);1-2H3/b10-6+;/t24-,25+,32-,36-,48?;/m0./s1. The molecule has 50 heavy (non-hydrogen) atoms. The summed E-state index contributed by atoms with van der Waals surface area (Å²) in [4.78, 5) is 30.7. The molecule has 1 spiro atoms. The number of carbonyl (C=O) groups is 2. The van der Waals surface area contributed by atoms with Crippen molar-refractivity contribution in [2.75, 3.05) is 57.7 Å². The number of halogens is 1. The number of allylic oxidation sites excluding steroid dienone is 1. The first kappa shape index (κ1) is 38.1. The molecule has 1 fully saturated rings. The molecule has 10 nitrogen and oxygen atoms in total. The summed E-state index contributed by atoms with van der Waals surface area (Å²) in [5, 5.41) is 0.735. The van der Waals surface area contributed by atoms with Gasteiger partial charge in [0.1, 0.15) is 15.7 Å². The van der Waals surface area contributed by atoms with Crippen molar-refractivity contribution >= 4 is 39.1 Å². The lowest BCUT2D eigenvalue weighted by Crippen LogP contribution is -2.58. The Morgan fingerprint density at radius 3 is 2.60 bits per heavy atom. The number of aryl methyl sites for hydroxylation is 1. The number of carbonyl (C=O) groups excluding carboxylic acids is 2. The van der Waals surface area contributed by atoms with Gasteiger partial charge < -0.3 is 24.0 Å². The molecule has 274 valence electrons. The highest BCUT2D eigenvalue weighted by Gasteiger charge is 2.42. The Morgan fingerprint density at radius 2 is 1.86 bits per heavy atom. The van der Waals surface area contributed by atoms with Crippen molar-refractivity contribution in [3.8, 4) is 5.75 Å². The van der Waals surface area contributed by atoms with E-state index in [2.05, 4.69) is 46.0 Å². The molecule has 2 bridgehead atoms. The van der Waals surface area contributed by atoms with E-state index in [1.165, 1.54) is 16.0 Å². The van der Waals surface area contributed by atoms with E-state index in [1.807, 2.05) is 38.1 Å². The molecule has 6 rings (SSSR count). The summed E-state index contributed by atoms with van der Waals surface area (Å²) in [6, 6.07) is 11.0. The Hall–Kier alpha value is -3.12. The maximum Gasteiger partial charge on any atom is 0.330 e. The number of nitrogens with zero attached hydrogens (tertiary/aromatic N) is 3. The average molecular weight is 729 g/mol. The van der Waals surface area contributed by atoms with E-state index in [9.17, 15) is 13.8 Å². The fourth-order valence-corrected chi connectivity index (χ4v) is 9.21. The van der Waals surface area contributed by atoms with Crippen molar-refractivity contribution in [1.29, 1.82) is 0 Å². The molecule has 1 saturated heterocycles. The Balaban J connectivity index is 0.00000239. The molecule has 12 heteroatoms. The molecular weight excluding hydrogens is 676 g/mol. The zero-order valence-corrected chi connectivity index (χ0v) is 31.9. The van der Waals surface area contributed by atoms with Crippen LogP contribution in [-0.4, -0.2) is 86.0 Å². The van der Waals surface area contributed by atoms with E-state index in [0.29, 0.717) is 56.9 Å². The van der Waals surface area contributed by atoms with Crippen LogP contribution in [0, 0.1) is 11.8 Å². The highest BCUT2D eigenvalue weighted by molar-refractivity contribution is 7.92. The number of hydrogen-bond donors (Lipinski definition) is 1. The monoisotopic (exact) mass is 728 g/mol. The van der Waals surface area contributed by atoms with Gasteiger partial charge >= 0.3 is 6.03 Å². The number of methoxy groups -OCH3 is 2. The third-order valence-electron chi connectivity index (χ3n) is 10.5. The second-order valence-corrected chi connectivity index (χ2v) is 16.3. The van der Waals surface area contributed by atoms with Crippen molar-refractivity contribution in [1.82, 2.24) is 9.62 Å². The molecule has 1 N–H and O–H groups in total. The summed E-state index contributed by atoms with van der Waals surface area (Å²) in [6.07, 6.45) is 7.95. The predicted molar refractivity (Wildman–Crippen MR) is 200 cm³/mol. The second-order valence-electron chi connectivity index (χ2n) is 13.8. The van der Waals surface area contributed by atoms with Crippen LogP contribution in [0.2, 0.25) is 5.02 Å². The molecule has 0 saturated carbocycles. The highest BCUT2D eigenvalue weighted by atomic mass is 35.5. The van der Waals surface area contributed by atoms with Crippen molar-refractivity contribution in [3.63, 3.8) is 0 Å². The number of rotatable bonds is 3. The molecule has 3 heterocycles. The molecule has 1 unspecified atom stereocenters. The second kappa shape index (κ2) is 16.5. The lowest BCUT2D eigenvalue weighted by atomic mass is 9.70. The lowest BCUT2D eigenvalue weighted by Gasteiger charge is -2.42. The van der Waals surface area contributed by atoms with Gasteiger partial charge in [0.05, 0.1) is 43.3 Å². The molecule has 2 aromatic rings. The maximum absolute atomic E-state index is 14.2. The van der Waals surface area contributed by atoms with Gasteiger partial charge in [-0.05, 0) is 85.4 Å². The predicted octanol–water partition coefficient (Wildman–Crippen LogP) is 7.04. The number of benzene rings is 2. The number of ether oxygens (including phenoxy) is 3. The van der Waals surface area contributed by atoms with Gasteiger partial charge in [0.25, 0.3) is 5.91 Å². The topological polar surface area (TPSA) is 110 Å². The molecule has 1 aliphatic carbocycles. The Labute approximate surface area is 303 Å². The number of urea groups is 1. The van der Waals surface area contributed by atoms with Gasteiger partial charge in [-0.2, -0.15) is 0 Å². The van der Waals surface area contributed by atoms with Gasteiger partial charge in [0, 0.05) is 43.3 Å². The van der Waals surface area contributed by atoms with Crippen molar-refractivity contribution in [2.24, 2.45) is 16.2 Å². The molecule has 2 aromatic carbocycles. The van der Waals surface area contributed by atoms with Crippen LogP contribution in [-0.2, 0) is 31.2 Å². The minimum atomic E-state index is -3.43. The Morgan fingerprint density at radius 1 is 1.08 bits per heavy atom. The van der Waals surface area contributed by atoms with E-state index in [-0.39, 0.29) is 35.2 Å². The molecule has 5 atom stereocenters. The number of nitrogens with one attached hydrogen (secondary N) is 1. The number of anilines is 1. The number of fused-ring (bicyclic) bond motifs is 3. The van der Waals surface area contributed by atoms with E-state index >= 15 is 0 Å². The van der Waals surface area contributed by atoms with Gasteiger partial charge in [0.15, 0.2) is 0 Å². The van der Waals surface area contributed by atoms with E-state index in [4.69, 9.17) is 25.8 Å². The van der Waals surface area contributed by atoms with Crippen LogP contribution >= 0.6 is 11.6 Å². The van der Waals surface area contributed by atoms with Crippen LogP contribution in [0.25, 0.3) is 0 Å². The summed E-state index contributed by atoms with van der Waals surface area (Å²) >= 11 is 6.43. The maximum atomic E-state index is 14.2. The third-order valence-corrected chi connectivity index (χ3v) is 12.6. The van der Waals surface area contributed by atoms with Crippen LogP contribution in [0.15, 0.2) is 52.9 Å². The molecule has 4 aliphatic rings. The molecular formula is C38H53ClN4O6S. The van der Waals surface area contributed by atoms with Crippen LogP contribution in [0.4, 0.5) is 10.5 Å². The van der Waals surface area contributed by atoms with Gasteiger partial charge in [-0.25, -0.2) is 9.00 Å². The summed E-state index contributed by atoms with van der Waals surface area (Å²) in [5.41, 5.74) is 3.34. The quantitative estimate of drug-likeness (QED) is 0.338. The zero-order chi connectivity index (χ0) is 36.1. The third kappa shape index (κ3) is 8.33. The first-order chi connectivity index (χ1) is 24.0.